The van der Waals surface area contributed by atoms with Gasteiger partial charge in [0.25, 0.3) is 0 Å². The maximum Gasteiger partial charge on any atom is 0.303 e. The van der Waals surface area contributed by atoms with Gasteiger partial charge in [-0.1, -0.05) is 63.3 Å². The Morgan fingerprint density at radius 1 is 1.00 bits per heavy atom. The lowest BCUT2D eigenvalue weighted by Crippen LogP contribution is -2.03. The normalized spacial score (nSPS) is 21.6. The summed E-state index contributed by atoms with van der Waals surface area (Å²) in [6.07, 6.45) is 24.6. The predicted molar refractivity (Wildman–Crippen MR) is 98.6 cm³/mol. The molecule has 1 aliphatic rings. The second-order valence-electron chi connectivity index (χ2n) is 6.98. The highest BCUT2D eigenvalue weighted by atomic mass is 16.4. The van der Waals surface area contributed by atoms with Gasteiger partial charge in [-0.15, -0.1) is 0 Å². The number of carbonyl (C=O) groups is 1. The van der Waals surface area contributed by atoms with Crippen molar-refractivity contribution >= 4 is 5.97 Å². The fourth-order valence-corrected chi connectivity index (χ4v) is 3.51. The van der Waals surface area contributed by atoms with E-state index < -0.39 is 5.97 Å². The molecular formula is C21H36O2. The summed E-state index contributed by atoms with van der Waals surface area (Å²) in [6, 6.07) is 0. The highest BCUT2D eigenvalue weighted by Crippen LogP contribution is 2.35. The summed E-state index contributed by atoms with van der Waals surface area (Å²) < 4.78 is 0. The Morgan fingerprint density at radius 3 is 2.57 bits per heavy atom. The lowest BCUT2D eigenvalue weighted by atomic mass is 9.92. The predicted octanol–water partition coefficient (Wildman–Crippen LogP) is 6.52. The van der Waals surface area contributed by atoms with Crippen molar-refractivity contribution in [2.24, 2.45) is 11.8 Å². The van der Waals surface area contributed by atoms with Crippen molar-refractivity contribution in [3.8, 4) is 0 Å². The quantitative estimate of drug-likeness (QED) is 0.310. The minimum Gasteiger partial charge on any atom is -0.481 e. The molecule has 0 bridgehead atoms. The van der Waals surface area contributed by atoms with Crippen molar-refractivity contribution in [2.75, 3.05) is 0 Å². The molecule has 1 fully saturated rings. The maximum absolute atomic E-state index is 10.5. The van der Waals surface area contributed by atoms with Gasteiger partial charge in [0.05, 0.1) is 0 Å². The summed E-state index contributed by atoms with van der Waals surface area (Å²) in [5.74, 6) is 0.894. The van der Waals surface area contributed by atoms with E-state index in [2.05, 4.69) is 31.2 Å². The monoisotopic (exact) mass is 320 g/mol. The number of carboxylic acid groups (broad SMARTS) is 1. The standard InChI is InChI=1S/C21H36O2/c1-2-3-4-5-6-7-10-14-19-16-13-17-20(19)15-11-8-9-12-18-21(22)23/h8,10-11,14,19-20H,2-7,9,12-13,15-18H2,1H3,(H,22,23)/b11-8-,14-10+/t19-,20-/m0/s1. The summed E-state index contributed by atoms with van der Waals surface area (Å²) in [7, 11) is 0. The van der Waals surface area contributed by atoms with Crippen molar-refractivity contribution in [1.29, 1.82) is 0 Å². The molecule has 0 aromatic rings. The second kappa shape index (κ2) is 13.4. The van der Waals surface area contributed by atoms with Crippen LogP contribution in [0.25, 0.3) is 0 Å². The lowest BCUT2D eigenvalue weighted by molar-refractivity contribution is -0.137. The SMILES string of the molecule is CCCCCCC/C=C/[C@H]1CCC[C@@H]1C/C=C\CCCC(=O)O. The summed E-state index contributed by atoms with van der Waals surface area (Å²) in [6.45, 7) is 2.26. The molecule has 0 aromatic heterocycles. The van der Waals surface area contributed by atoms with Crippen molar-refractivity contribution in [3.05, 3.63) is 24.3 Å². The molecule has 2 atom stereocenters. The van der Waals surface area contributed by atoms with Gasteiger partial charge in [-0.2, -0.15) is 0 Å². The number of unbranched alkanes of at least 4 members (excludes halogenated alkanes) is 6. The van der Waals surface area contributed by atoms with Crippen LogP contribution in [0.1, 0.15) is 90.4 Å². The Kier molecular flexibility index (Phi) is 11.6. The number of aliphatic carboxylic acids is 1. The molecule has 2 nitrogen and oxygen atoms in total. The van der Waals surface area contributed by atoms with Crippen LogP contribution in [0.2, 0.25) is 0 Å². The number of hydrogen-bond donors (Lipinski definition) is 1. The van der Waals surface area contributed by atoms with E-state index in [4.69, 9.17) is 5.11 Å². The molecule has 1 saturated carbocycles. The third-order valence-corrected chi connectivity index (χ3v) is 4.94. The first kappa shape index (κ1) is 20.0. The Morgan fingerprint density at radius 2 is 1.78 bits per heavy atom. The molecule has 1 aliphatic carbocycles. The molecule has 0 aliphatic heterocycles. The molecule has 132 valence electrons. The molecule has 2 heteroatoms. The van der Waals surface area contributed by atoms with Crippen LogP contribution in [-0.2, 0) is 4.79 Å². The minimum atomic E-state index is -0.686. The molecule has 0 heterocycles. The van der Waals surface area contributed by atoms with Gasteiger partial charge in [0.1, 0.15) is 0 Å². The molecule has 0 amide bonds. The molecule has 1 N–H and O–H groups in total. The van der Waals surface area contributed by atoms with Gasteiger partial charge in [0.2, 0.25) is 0 Å². The number of rotatable bonds is 13. The zero-order valence-corrected chi connectivity index (χ0v) is 15.0. The zero-order chi connectivity index (χ0) is 16.8. The van der Waals surface area contributed by atoms with Crippen molar-refractivity contribution in [1.82, 2.24) is 0 Å². The van der Waals surface area contributed by atoms with Crippen LogP contribution in [0.3, 0.4) is 0 Å². The van der Waals surface area contributed by atoms with Gasteiger partial charge in [-0.3, -0.25) is 4.79 Å². The third-order valence-electron chi connectivity index (χ3n) is 4.94. The highest BCUT2D eigenvalue weighted by molar-refractivity contribution is 5.66. The summed E-state index contributed by atoms with van der Waals surface area (Å²) in [4.78, 5) is 10.5. The van der Waals surface area contributed by atoms with E-state index in [9.17, 15) is 4.79 Å². The first-order chi connectivity index (χ1) is 11.2. The molecule has 0 saturated heterocycles. The van der Waals surface area contributed by atoms with Gasteiger partial charge in [0.15, 0.2) is 0 Å². The van der Waals surface area contributed by atoms with Crippen LogP contribution in [0.15, 0.2) is 24.3 Å². The largest absolute Gasteiger partial charge is 0.481 e. The van der Waals surface area contributed by atoms with E-state index in [1.807, 2.05) is 0 Å². The van der Waals surface area contributed by atoms with E-state index in [0.29, 0.717) is 0 Å². The van der Waals surface area contributed by atoms with Gasteiger partial charge in [-0.25, -0.2) is 0 Å². The fourth-order valence-electron chi connectivity index (χ4n) is 3.51. The second-order valence-corrected chi connectivity index (χ2v) is 6.98. The van der Waals surface area contributed by atoms with Crippen LogP contribution >= 0.6 is 0 Å². The summed E-state index contributed by atoms with van der Waals surface area (Å²) >= 11 is 0. The molecule has 0 aromatic carbocycles. The van der Waals surface area contributed by atoms with Crippen molar-refractivity contribution in [2.45, 2.75) is 90.4 Å². The smallest absolute Gasteiger partial charge is 0.303 e. The van der Waals surface area contributed by atoms with Crippen LogP contribution in [0, 0.1) is 11.8 Å². The van der Waals surface area contributed by atoms with Gasteiger partial charge >= 0.3 is 5.97 Å². The summed E-state index contributed by atoms with van der Waals surface area (Å²) in [5.41, 5.74) is 0. The van der Waals surface area contributed by atoms with Crippen molar-refractivity contribution < 1.29 is 9.90 Å². The van der Waals surface area contributed by atoms with E-state index in [1.165, 1.54) is 64.2 Å². The first-order valence-corrected chi connectivity index (χ1v) is 9.77. The fraction of sp³-hybridized carbons (Fsp3) is 0.762. The van der Waals surface area contributed by atoms with Gasteiger partial charge in [-0.05, 0) is 56.8 Å². The average Bonchev–Trinajstić information content (AvgIpc) is 2.97. The van der Waals surface area contributed by atoms with E-state index in [0.717, 1.165) is 24.7 Å². The van der Waals surface area contributed by atoms with Crippen LogP contribution in [0.4, 0.5) is 0 Å². The van der Waals surface area contributed by atoms with Gasteiger partial charge in [0, 0.05) is 6.42 Å². The highest BCUT2D eigenvalue weighted by Gasteiger charge is 2.23. The van der Waals surface area contributed by atoms with Crippen LogP contribution < -0.4 is 0 Å². The molecule has 1 rings (SSSR count). The number of carboxylic acids is 1. The Labute approximate surface area is 143 Å². The lowest BCUT2D eigenvalue weighted by Gasteiger charge is -2.14. The molecule has 0 unspecified atom stereocenters. The van der Waals surface area contributed by atoms with Crippen LogP contribution in [-0.4, -0.2) is 11.1 Å². The topological polar surface area (TPSA) is 37.3 Å². The third kappa shape index (κ3) is 10.4. The average molecular weight is 321 g/mol. The minimum absolute atomic E-state index is 0.289. The zero-order valence-electron chi connectivity index (χ0n) is 15.0. The molecular weight excluding hydrogens is 284 g/mol. The molecule has 0 spiro atoms. The van der Waals surface area contributed by atoms with E-state index in [-0.39, 0.29) is 6.42 Å². The van der Waals surface area contributed by atoms with Crippen LogP contribution in [0.5, 0.6) is 0 Å². The Bertz CT molecular complexity index is 357. The van der Waals surface area contributed by atoms with Crippen molar-refractivity contribution in [3.63, 3.8) is 0 Å². The number of hydrogen-bond acceptors (Lipinski definition) is 1. The molecule has 23 heavy (non-hydrogen) atoms. The Hall–Kier alpha value is -1.05. The Balaban J connectivity index is 2.13. The summed E-state index contributed by atoms with van der Waals surface area (Å²) in [5, 5.41) is 8.61. The number of allylic oxidation sites excluding steroid dienone is 4. The van der Waals surface area contributed by atoms with E-state index >= 15 is 0 Å². The van der Waals surface area contributed by atoms with Gasteiger partial charge < -0.3 is 5.11 Å². The van der Waals surface area contributed by atoms with E-state index in [1.54, 1.807) is 0 Å². The first-order valence-electron chi connectivity index (χ1n) is 9.77. The maximum atomic E-state index is 10.5. The molecule has 0 radical (unpaired) electrons.